The van der Waals surface area contributed by atoms with Crippen LogP contribution in [0.2, 0.25) is 10.4 Å². The Morgan fingerprint density at radius 3 is 2.53 bits per heavy atom. The molecule has 0 amide bonds. The topological polar surface area (TPSA) is 41.9 Å². The first-order valence-electron chi connectivity index (χ1n) is 4.77. The molecule has 1 heterocycles. The molecular formula is C9H14Cl2N4. The van der Waals surface area contributed by atoms with Crippen LogP contribution in [0.4, 0.5) is 5.82 Å². The highest BCUT2D eigenvalue weighted by Crippen LogP contribution is 2.20. The number of nitrogens with zero attached hydrogens (tertiary/aromatic N) is 4. The summed E-state index contributed by atoms with van der Waals surface area (Å²) in [6.07, 6.45) is 1.06. The minimum absolute atomic E-state index is 0.116. The average Bonchev–Trinajstić information content (AvgIpc) is 2.18. The predicted octanol–water partition coefficient (Wildman–Crippen LogP) is 2.66. The van der Waals surface area contributed by atoms with E-state index < -0.39 is 0 Å². The van der Waals surface area contributed by atoms with E-state index in [2.05, 4.69) is 29.0 Å². The van der Waals surface area contributed by atoms with E-state index in [-0.39, 0.29) is 10.4 Å². The summed E-state index contributed by atoms with van der Waals surface area (Å²) in [6, 6.07) is 0. The van der Waals surface area contributed by atoms with Crippen molar-refractivity contribution in [3.05, 3.63) is 10.4 Å². The monoisotopic (exact) mass is 248 g/mol. The second-order valence-electron chi connectivity index (χ2n) is 3.80. The van der Waals surface area contributed by atoms with Crippen LogP contribution in [-0.4, -0.2) is 28.8 Å². The van der Waals surface area contributed by atoms with Crippen LogP contribution < -0.4 is 4.90 Å². The van der Waals surface area contributed by atoms with E-state index in [4.69, 9.17) is 23.2 Å². The van der Waals surface area contributed by atoms with E-state index in [1.54, 1.807) is 0 Å². The quantitative estimate of drug-likeness (QED) is 0.822. The van der Waals surface area contributed by atoms with E-state index in [9.17, 15) is 0 Å². The molecule has 15 heavy (non-hydrogen) atoms. The summed E-state index contributed by atoms with van der Waals surface area (Å²) in [6.45, 7) is 5.20. The largest absolute Gasteiger partial charge is 0.357 e. The first-order valence-corrected chi connectivity index (χ1v) is 5.53. The molecule has 4 nitrogen and oxygen atoms in total. The van der Waals surface area contributed by atoms with Gasteiger partial charge in [0.15, 0.2) is 11.0 Å². The number of halogens is 2. The molecule has 0 aliphatic rings. The first kappa shape index (κ1) is 12.5. The highest BCUT2D eigenvalue weighted by Gasteiger charge is 2.11. The number of aromatic nitrogens is 3. The summed E-state index contributed by atoms with van der Waals surface area (Å²) in [5.74, 6) is 1.22. The Balaban J connectivity index is 2.72. The molecule has 0 atom stereocenters. The van der Waals surface area contributed by atoms with E-state index in [1.807, 2.05) is 11.9 Å². The fourth-order valence-electron chi connectivity index (χ4n) is 1.09. The fourth-order valence-corrected chi connectivity index (χ4v) is 1.43. The van der Waals surface area contributed by atoms with Crippen molar-refractivity contribution >= 4 is 29.0 Å². The molecule has 0 saturated carbocycles. The summed E-state index contributed by atoms with van der Waals surface area (Å²) in [4.78, 5) is 5.97. The molecule has 0 bridgehead atoms. The lowest BCUT2D eigenvalue weighted by atomic mass is 10.1. The predicted molar refractivity (Wildman–Crippen MR) is 62.6 cm³/mol. The molecule has 0 spiro atoms. The molecule has 1 aromatic heterocycles. The molecule has 0 aliphatic carbocycles. The lowest BCUT2D eigenvalue weighted by molar-refractivity contribution is 0.583. The number of hydrogen-bond acceptors (Lipinski definition) is 4. The van der Waals surface area contributed by atoms with Crippen molar-refractivity contribution in [2.45, 2.75) is 20.3 Å². The molecule has 84 valence electrons. The van der Waals surface area contributed by atoms with Crippen LogP contribution in [0.1, 0.15) is 20.3 Å². The third-order valence-electron chi connectivity index (χ3n) is 2.01. The second-order valence-corrected chi connectivity index (χ2v) is 4.50. The molecule has 0 aliphatic heterocycles. The van der Waals surface area contributed by atoms with Gasteiger partial charge in [-0.15, -0.1) is 10.2 Å². The third-order valence-corrected chi connectivity index (χ3v) is 2.41. The van der Waals surface area contributed by atoms with E-state index in [1.165, 1.54) is 0 Å². The molecule has 0 unspecified atom stereocenters. The average molecular weight is 249 g/mol. The fraction of sp³-hybridized carbons (Fsp3) is 0.667. The van der Waals surface area contributed by atoms with E-state index in [0.717, 1.165) is 13.0 Å². The normalized spacial score (nSPS) is 10.8. The lowest BCUT2D eigenvalue weighted by Crippen LogP contribution is -2.22. The maximum Gasteiger partial charge on any atom is 0.245 e. The highest BCUT2D eigenvalue weighted by molar-refractivity contribution is 6.32. The van der Waals surface area contributed by atoms with Crippen molar-refractivity contribution in [3.8, 4) is 0 Å². The van der Waals surface area contributed by atoms with Gasteiger partial charge in [-0.05, 0) is 23.9 Å². The molecular weight excluding hydrogens is 235 g/mol. The molecule has 0 aromatic carbocycles. The van der Waals surface area contributed by atoms with Crippen LogP contribution in [0.15, 0.2) is 0 Å². The standard InChI is InChI=1S/C9H14Cl2N4/c1-6(2)4-5-15(3)8-7(10)13-14-9(11)12-8/h6H,4-5H2,1-3H3. The summed E-state index contributed by atoms with van der Waals surface area (Å²) < 4.78 is 0. The zero-order valence-electron chi connectivity index (χ0n) is 9.04. The third kappa shape index (κ3) is 3.80. The Kier molecular flexibility index (Phi) is 4.54. The lowest BCUT2D eigenvalue weighted by Gasteiger charge is -2.19. The molecule has 1 rings (SSSR count). The van der Waals surface area contributed by atoms with Crippen molar-refractivity contribution in [3.63, 3.8) is 0 Å². The minimum Gasteiger partial charge on any atom is -0.357 e. The van der Waals surface area contributed by atoms with Crippen LogP contribution >= 0.6 is 23.2 Å². The van der Waals surface area contributed by atoms with E-state index >= 15 is 0 Å². The Labute approximate surface area is 99.6 Å². The molecule has 1 aromatic rings. The minimum atomic E-state index is 0.116. The van der Waals surface area contributed by atoms with Crippen LogP contribution in [0.25, 0.3) is 0 Å². The molecule has 0 N–H and O–H groups in total. The molecule has 0 fully saturated rings. The molecule has 6 heteroatoms. The molecule has 0 saturated heterocycles. The van der Waals surface area contributed by atoms with Gasteiger partial charge in [-0.3, -0.25) is 0 Å². The smallest absolute Gasteiger partial charge is 0.245 e. The zero-order valence-corrected chi connectivity index (χ0v) is 10.5. The van der Waals surface area contributed by atoms with Crippen LogP contribution in [0.5, 0.6) is 0 Å². The first-order chi connectivity index (χ1) is 7.00. The maximum atomic E-state index is 5.87. The van der Waals surface area contributed by atoms with Crippen molar-refractivity contribution in [1.29, 1.82) is 0 Å². The van der Waals surface area contributed by atoms with Gasteiger partial charge in [0.1, 0.15) is 0 Å². The van der Waals surface area contributed by atoms with Crippen LogP contribution in [0.3, 0.4) is 0 Å². The SMILES string of the molecule is CC(C)CCN(C)c1nc(Cl)nnc1Cl. The van der Waals surface area contributed by atoms with Gasteiger partial charge in [0.25, 0.3) is 0 Å². The Hall–Kier alpha value is -0.610. The van der Waals surface area contributed by atoms with Crippen molar-refractivity contribution in [1.82, 2.24) is 15.2 Å². The van der Waals surface area contributed by atoms with Crippen molar-refractivity contribution < 1.29 is 0 Å². The highest BCUT2D eigenvalue weighted by atomic mass is 35.5. The summed E-state index contributed by atoms with van der Waals surface area (Å²) in [5, 5.41) is 7.67. The number of rotatable bonds is 4. The maximum absolute atomic E-state index is 5.87. The Bertz CT molecular complexity index is 330. The van der Waals surface area contributed by atoms with Crippen LogP contribution in [0, 0.1) is 5.92 Å². The van der Waals surface area contributed by atoms with E-state index in [0.29, 0.717) is 11.7 Å². The number of anilines is 1. The number of hydrogen-bond donors (Lipinski definition) is 0. The zero-order chi connectivity index (χ0) is 11.4. The van der Waals surface area contributed by atoms with Gasteiger partial charge in [-0.1, -0.05) is 25.4 Å². The van der Waals surface area contributed by atoms with Crippen molar-refractivity contribution in [2.24, 2.45) is 5.92 Å². The molecule has 0 radical (unpaired) electrons. The summed E-state index contributed by atoms with van der Waals surface area (Å²) in [5.41, 5.74) is 0. The summed E-state index contributed by atoms with van der Waals surface area (Å²) >= 11 is 11.5. The van der Waals surface area contributed by atoms with Gasteiger partial charge in [0.2, 0.25) is 5.28 Å². The van der Waals surface area contributed by atoms with Gasteiger partial charge < -0.3 is 4.90 Å². The van der Waals surface area contributed by atoms with Gasteiger partial charge in [0.05, 0.1) is 0 Å². The van der Waals surface area contributed by atoms with Crippen LogP contribution in [-0.2, 0) is 0 Å². The Morgan fingerprint density at radius 1 is 1.27 bits per heavy atom. The van der Waals surface area contributed by atoms with Crippen molar-refractivity contribution in [2.75, 3.05) is 18.5 Å². The van der Waals surface area contributed by atoms with Gasteiger partial charge in [-0.25, -0.2) is 0 Å². The Morgan fingerprint density at radius 2 is 1.93 bits per heavy atom. The second kappa shape index (κ2) is 5.47. The van der Waals surface area contributed by atoms with Gasteiger partial charge in [0, 0.05) is 13.6 Å². The summed E-state index contributed by atoms with van der Waals surface area (Å²) in [7, 11) is 1.91. The van der Waals surface area contributed by atoms with Gasteiger partial charge >= 0.3 is 0 Å². The van der Waals surface area contributed by atoms with Gasteiger partial charge in [-0.2, -0.15) is 4.98 Å².